The summed E-state index contributed by atoms with van der Waals surface area (Å²) in [5.41, 5.74) is 1.13. The van der Waals surface area contributed by atoms with E-state index < -0.39 is 0 Å². The summed E-state index contributed by atoms with van der Waals surface area (Å²) in [6.07, 6.45) is 7.49. The first-order valence-electron chi connectivity index (χ1n) is 9.87. The molecule has 2 N–H and O–H groups in total. The molecule has 3 heterocycles. The van der Waals surface area contributed by atoms with Gasteiger partial charge in [-0.25, -0.2) is 4.98 Å². The molecule has 0 unspecified atom stereocenters. The van der Waals surface area contributed by atoms with Crippen LogP contribution in [0.5, 0.6) is 0 Å². The molecule has 0 aromatic carbocycles. The van der Waals surface area contributed by atoms with E-state index in [1.54, 1.807) is 11.3 Å². The second-order valence-electron chi connectivity index (χ2n) is 7.05. The van der Waals surface area contributed by atoms with E-state index in [1.807, 2.05) is 0 Å². The third-order valence-electron chi connectivity index (χ3n) is 4.80. The number of fused-ring (bicyclic) bond motifs is 3. The second kappa shape index (κ2) is 9.36. The molecule has 1 aliphatic rings. The summed E-state index contributed by atoms with van der Waals surface area (Å²) in [6, 6.07) is 0. The van der Waals surface area contributed by atoms with Crippen LogP contribution in [0.2, 0.25) is 0 Å². The monoisotopic (exact) mass is 449 g/mol. The van der Waals surface area contributed by atoms with Crippen molar-refractivity contribution < 1.29 is 4.79 Å². The third kappa shape index (κ3) is 4.87. The molecule has 4 rings (SSSR count). The van der Waals surface area contributed by atoms with Crippen LogP contribution in [0.1, 0.15) is 53.9 Å². The molecule has 0 saturated carbocycles. The van der Waals surface area contributed by atoms with E-state index in [1.165, 1.54) is 46.4 Å². The van der Waals surface area contributed by atoms with Crippen LogP contribution in [0, 0.1) is 0 Å². The van der Waals surface area contributed by atoms with E-state index in [-0.39, 0.29) is 17.2 Å². The normalized spacial score (nSPS) is 13.1. The van der Waals surface area contributed by atoms with Crippen molar-refractivity contribution in [2.45, 2.75) is 57.6 Å². The fourth-order valence-corrected chi connectivity index (χ4v) is 6.21. The molecule has 10 heteroatoms. The van der Waals surface area contributed by atoms with Gasteiger partial charge >= 0.3 is 0 Å². The van der Waals surface area contributed by atoms with Crippen molar-refractivity contribution in [1.82, 2.24) is 20.2 Å². The number of rotatable bonds is 9. The van der Waals surface area contributed by atoms with E-state index in [9.17, 15) is 9.59 Å². The largest absolute Gasteiger partial charge is 0.309 e. The van der Waals surface area contributed by atoms with Crippen LogP contribution < -0.4 is 10.9 Å². The number of thiophene rings is 1. The molecule has 29 heavy (non-hydrogen) atoms. The number of amides is 1. The number of carbonyl (C=O) groups is 1. The van der Waals surface area contributed by atoms with Gasteiger partial charge in [0.25, 0.3) is 5.56 Å². The molecule has 0 bridgehead atoms. The summed E-state index contributed by atoms with van der Waals surface area (Å²) >= 11 is 4.49. The Labute approximate surface area is 180 Å². The van der Waals surface area contributed by atoms with Crippen molar-refractivity contribution in [2.24, 2.45) is 0 Å². The molecule has 0 aliphatic heterocycles. The number of aryl methyl sites for hydroxylation is 3. The van der Waals surface area contributed by atoms with Crippen molar-refractivity contribution in [2.75, 3.05) is 11.1 Å². The number of carbonyl (C=O) groups excluding carboxylic acids is 1. The fraction of sp³-hybridized carbons (Fsp3) is 0.526. The molecule has 3 aromatic rings. The van der Waals surface area contributed by atoms with Crippen LogP contribution >= 0.6 is 34.4 Å². The Morgan fingerprint density at radius 2 is 2.14 bits per heavy atom. The number of thioether (sulfide) groups is 1. The number of aromatic amines is 1. The molecular formula is C19H23N5O2S3. The lowest BCUT2D eigenvalue weighted by Gasteiger charge is -2.02. The lowest BCUT2D eigenvalue weighted by molar-refractivity contribution is -0.113. The molecule has 154 valence electrons. The van der Waals surface area contributed by atoms with Gasteiger partial charge in [-0.3, -0.25) is 14.9 Å². The lowest BCUT2D eigenvalue weighted by atomic mass is 10.2. The zero-order valence-corrected chi connectivity index (χ0v) is 18.7. The first-order valence-corrected chi connectivity index (χ1v) is 12.7. The Morgan fingerprint density at radius 3 is 3.00 bits per heavy atom. The Hall–Kier alpha value is -1.78. The number of nitrogens with one attached hydrogen (secondary N) is 2. The standard InChI is InChI=1S/C19H23N5O2S3/c1-2-3-4-8-15-23-24-19(29-15)22-14(25)10-27-9-13-20-17(26)16-11-6-5-7-12(11)28-18(16)21-13/h2-10H2,1H3,(H,20,21,26)(H,22,24,25). The van der Waals surface area contributed by atoms with E-state index in [4.69, 9.17) is 0 Å². The Kier molecular flexibility index (Phi) is 6.61. The molecule has 0 fully saturated rings. The minimum Gasteiger partial charge on any atom is -0.309 e. The quantitative estimate of drug-likeness (QED) is 0.480. The number of H-pyrrole nitrogens is 1. The van der Waals surface area contributed by atoms with E-state index in [0.29, 0.717) is 16.7 Å². The number of aromatic nitrogens is 4. The topological polar surface area (TPSA) is 101 Å². The minimum absolute atomic E-state index is 0.0566. The predicted octanol–water partition coefficient (Wildman–Crippen LogP) is 3.93. The summed E-state index contributed by atoms with van der Waals surface area (Å²) in [6.45, 7) is 2.17. The van der Waals surface area contributed by atoms with Crippen molar-refractivity contribution in [3.05, 3.63) is 31.6 Å². The van der Waals surface area contributed by atoms with Crippen molar-refractivity contribution in [3.63, 3.8) is 0 Å². The first-order chi connectivity index (χ1) is 14.1. The molecule has 0 spiro atoms. The highest BCUT2D eigenvalue weighted by atomic mass is 32.2. The molecule has 1 amide bonds. The summed E-state index contributed by atoms with van der Waals surface area (Å²) in [7, 11) is 0. The maximum Gasteiger partial charge on any atom is 0.259 e. The zero-order valence-electron chi connectivity index (χ0n) is 16.2. The van der Waals surface area contributed by atoms with E-state index >= 15 is 0 Å². The first kappa shape index (κ1) is 20.5. The highest BCUT2D eigenvalue weighted by Gasteiger charge is 2.21. The molecule has 3 aromatic heterocycles. The molecule has 7 nitrogen and oxygen atoms in total. The van der Waals surface area contributed by atoms with Gasteiger partial charge < -0.3 is 4.98 Å². The predicted molar refractivity (Wildman–Crippen MR) is 120 cm³/mol. The fourth-order valence-electron chi connectivity index (χ4n) is 3.44. The smallest absolute Gasteiger partial charge is 0.259 e. The number of anilines is 1. The van der Waals surface area contributed by atoms with Crippen LogP contribution in [-0.4, -0.2) is 31.8 Å². The van der Waals surface area contributed by atoms with Gasteiger partial charge in [0.2, 0.25) is 11.0 Å². The van der Waals surface area contributed by atoms with Gasteiger partial charge in [-0.15, -0.1) is 33.3 Å². The van der Waals surface area contributed by atoms with Crippen LogP contribution in [-0.2, 0) is 29.8 Å². The average molecular weight is 450 g/mol. The van der Waals surface area contributed by atoms with Crippen molar-refractivity contribution in [1.29, 1.82) is 0 Å². The summed E-state index contributed by atoms with van der Waals surface area (Å²) in [4.78, 5) is 34.2. The highest BCUT2D eigenvalue weighted by Crippen LogP contribution is 2.34. The average Bonchev–Trinajstić information content (AvgIpc) is 3.38. The number of nitrogens with zero attached hydrogens (tertiary/aromatic N) is 3. The van der Waals surface area contributed by atoms with Gasteiger partial charge in [0.05, 0.1) is 16.9 Å². The van der Waals surface area contributed by atoms with Crippen LogP contribution in [0.3, 0.4) is 0 Å². The molecule has 0 saturated heterocycles. The van der Waals surface area contributed by atoms with Gasteiger partial charge in [0.1, 0.15) is 15.7 Å². The zero-order chi connectivity index (χ0) is 20.2. The SMILES string of the molecule is CCCCCc1nnc(NC(=O)CSCc2nc3sc4c(c3c(=O)[nH]2)CCC4)s1. The highest BCUT2D eigenvalue weighted by molar-refractivity contribution is 7.99. The van der Waals surface area contributed by atoms with Crippen molar-refractivity contribution in [3.8, 4) is 0 Å². The van der Waals surface area contributed by atoms with Gasteiger partial charge in [0.15, 0.2) is 0 Å². The maximum atomic E-state index is 12.5. The van der Waals surface area contributed by atoms with Gasteiger partial charge in [0, 0.05) is 11.3 Å². The van der Waals surface area contributed by atoms with E-state index in [2.05, 4.69) is 32.4 Å². The van der Waals surface area contributed by atoms with Crippen LogP contribution in [0.4, 0.5) is 5.13 Å². The van der Waals surface area contributed by atoms with Gasteiger partial charge in [-0.2, -0.15) is 0 Å². The Balaban J connectivity index is 1.29. The Bertz CT molecular complexity index is 1070. The lowest BCUT2D eigenvalue weighted by Crippen LogP contribution is -2.15. The number of unbranched alkanes of at least 4 members (excludes halogenated alkanes) is 2. The van der Waals surface area contributed by atoms with E-state index in [0.717, 1.165) is 47.3 Å². The van der Waals surface area contributed by atoms with Gasteiger partial charge in [-0.05, 0) is 31.2 Å². The number of hydrogen-bond acceptors (Lipinski definition) is 8. The molecule has 0 atom stereocenters. The van der Waals surface area contributed by atoms with Crippen LogP contribution in [0.25, 0.3) is 10.2 Å². The number of hydrogen-bond donors (Lipinski definition) is 2. The Morgan fingerprint density at radius 1 is 1.24 bits per heavy atom. The summed E-state index contributed by atoms with van der Waals surface area (Å²) in [5, 5.41) is 13.2. The molecular weight excluding hydrogens is 426 g/mol. The van der Waals surface area contributed by atoms with Crippen molar-refractivity contribution >= 4 is 55.7 Å². The summed E-state index contributed by atoms with van der Waals surface area (Å²) < 4.78 is 0. The second-order valence-corrected chi connectivity index (χ2v) is 10.2. The third-order valence-corrected chi connectivity index (χ3v) is 7.83. The molecule has 0 radical (unpaired) electrons. The molecule has 1 aliphatic carbocycles. The minimum atomic E-state index is -0.121. The summed E-state index contributed by atoms with van der Waals surface area (Å²) in [5.74, 6) is 1.26. The maximum absolute atomic E-state index is 12.5. The van der Waals surface area contributed by atoms with Crippen LogP contribution in [0.15, 0.2) is 4.79 Å². The van der Waals surface area contributed by atoms with Gasteiger partial charge in [-0.1, -0.05) is 31.1 Å².